The van der Waals surface area contributed by atoms with Crippen molar-refractivity contribution >= 4 is 11.9 Å². The predicted molar refractivity (Wildman–Crippen MR) is 86.0 cm³/mol. The first kappa shape index (κ1) is 18.4. The molecule has 1 fully saturated rings. The van der Waals surface area contributed by atoms with Crippen LogP contribution in [0.5, 0.6) is 0 Å². The van der Waals surface area contributed by atoms with Gasteiger partial charge in [0.15, 0.2) is 6.10 Å². The Morgan fingerprint density at radius 2 is 2.17 bits per heavy atom. The number of aliphatic hydroxyl groups excluding tert-OH is 1. The number of aliphatic hydroxyl groups is 1. The quantitative estimate of drug-likeness (QED) is 0.750. The van der Waals surface area contributed by atoms with Crippen molar-refractivity contribution < 1.29 is 24.2 Å². The molecule has 132 valence electrons. The van der Waals surface area contributed by atoms with Crippen molar-refractivity contribution in [3.8, 4) is 0 Å². The Kier molecular flexibility index (Phi) is 6.69. The van der Waals surface area contributed by atoms with Gasteiger partial charge in [-0.15, -0.1) is 0 Å². The number of hydrogen-bond acceptors (Lipinski definition) is 6. The molecule has 7 nitrogen and oxygen atoms in total. The third kappa shape index (κ3) is 4.10. The van der Waals surface area contributed by atoms with Gasteiger partial charge in [0.25, 0.3) is 5.91 Å². The molecule has 1 amide bonds. The summed E-state index contributed by atoms with van der Waals surface area (Å²) in [5.41, 5.74) is 0.549. The highest BCUT2D eigenvalue weighted by atomic mass is 16.5. The van der Waals surface area contributed by atoms with E-state index in [1.807, 2.05) is 6.92 Å². The Hall–Kier alpha value is -1.99. The minimum Gasteiger partial charge on any atom is -0.464 e. The van der Waals surface area contributed by atoms with Crippen LogP contribution in [0.3, 0.4) is 0 Å². The first-order valence-corrected chi connectivity index (χ1v) is 8.26. The van der Waals surface area contributed by atoms with E-state index < -0.39 is 30.1 Å². The zero-order chi connectivity index (χ0) is 17.5. The standard InChI is InChI=1S/C17H24N2O5/c1-3-5-13(17(22)23-4-2)19-10-11-24-15(16(19)21)14(20)12-6-8-18-9-7-12/h6-9,13-15,20H,3-5,10-11H2,1-2H3. The minimum absolute atomic E-state index is 0.262. The van der Waals surface area contributed by atoms with Crippen LogP contribution in [0.1, 0.15) is 38.4 Å². The molecule has 1 aromatic rings. The van der Waals surface area contributed by atoms with E-state index in [-0.39, 0.29) is 13.2 Å². The van der Waals surface area contributed by atoms with Crippen molar-refractivity contribution in [3.63, 3.8) is 0 Å². The zero-order valence-electron chi connectivity index (χ0n) is 14.1. The molecule has 2 rings (SSSR count). The van der Waals surface area contributed by atoms with Crippen LogP contribution in [0.2, 0.25) is 0 Å². The normalized spacial score (nSPS) is 20.5. The summed E-state index contributed by atoms with van der Waals surface area (Å²) in [5.74, 6) is -0.802. The second-order valence-electron chi connectivity index (χ2n) is 5.60. The molecule has 1 N–H and O–H groups in total. The lowest BCUT2D eigenvalue weighted by molar-refractivity contribution is -0.174. The predicted octanol–water partition coefficient (Wildman–Crippen LogP) is 1.07. The first-order valence-electron chi connectivity index (χ1n) is 8.26. The highest BCUT2D eigenvalue weighted by Gasteiger charge is 2.41. The fraction of sp³-hybridized carbons (Fsp3) is 0.588. The Labute approximate surface area is 141 Å². The Balaban J connectivity index is 2.17. The van der Waals surface area contributed by atoms with Crippen molar-refractivity contribution in [2.75, 3.05) is 19.8 Å². The molecule has 0 saturated carbocycles. The van der Waals surface area contributed by atoms with E-state index in [0.29, 0.717) is 18.5 Å². The number of pyridine rings is 1. The van der Waals surface area contributed by atoms with Crippen molar-refractivity contribution in [1.82, 2.24) is 9.88 Å². The lowest BCUT2D eigenvalue weighted by atomic mass is 10.0. The Morgan fingerprint density at radius 3 is 2.79 bits per heavy atom. The summed E-state index contributed by atoms with van der Waals surface area (Å²) in [6.07, 6.45) is 2.21. The van der Waals surface area contributed by atoms with E-state index in [2.05, 4.69) is 4.98 Å². The van der Waals surface area contributed by atoms with Gasteiger partial charge in [-0.05, 0) is 31.0 Å². The van der Waals surface area contributed by atoms with E-state index in [9.17, 15) is 14.7 Å². The second-order valence-corrected chi connectivity index (χ2v) is 5.60. The van der Waals surface area contributed by atoms with Crippen LogP contribution >= 0.6 is 0 Å². The molecule has 24 heavy (non-hydrogen) atoms. The van der Waals surface area contributed by atoms with Crippen LogP contribution in [-0.2, 0) is 19.1 Å². The summed E-state index contributed by atoms with van der Waals surface area (Å²) in [7, 11) is 0. The molecule has 0 aromatic carbocycles. The third-order valence-corrected chi connectivity index (χ3v) is 3.99. The molecule has 1 aliphatic heterocycles. The smallest absolute Gasteiger partial charge is 0.328 e. The van der Waals surface area contributed by atoms with Crippen molar-refractivity contribution in [1.29, 1.82) is 0 Å². The van der Waals surface area contributed by atoms with E-state index in [0.717, 1.165) is 6.42 Å². The SMILES string of the molecule is CCCC(C(=O)OCC)N1CCOC(C(O)c2ccncc2)C1=O. The summed E-state index contributed by atoms with van der Waals surface area (Å²) < 4.78 is 10.6. The summed E-state index contributed by atoms with van der Waals surface area (Å²) >= 11 is 0. The number of rotatable bonds is 7. The second kappa shape index (κ2) is 8.75. The number of morpholine rings is 1. The van der Waals surface area contributed by atoms with Gasteiger partial charge in [0.05, 0.1) is 13.2 Å². The number of aromatic nitrogens is 1. The molecule has 7 heteroatoms. The molecule has 0 radical (unpaired) electrons. The lowest BCUT2D eigenvalue weighted by Crippen LogP contribution is -2.56. The first-order chi connectivity index (χ1) is 11.6. The molecule has 3 atom stereocenters. The van der Waals surface area contributed by atoms with Crippen LogP contribution < -0.4 is 0 Å². The van der Waals surface area contributed by atoms with Gasteiger partial charge < -0.3 is 19.5 Å². The third-order valence-electron chi connectivity index (χ3n) is 3.99. The lowest BCUT2D eigenvalue weighted by Gasteiger charge is -2.38. The van der Waals surface area contributed by atoms with Gasteiger partial charge >= 0.3 is 5.97 Å². The van der Waals surface area contributed by atoms with Crippen LogP contribution in [0.25, 0.3) is 0 Å². The fourth-order valence-corrected chi connectivity index (χ4v) is 2.81. The summed E-state index contributed by atoms with van der Waals surface area (Å²) in [5, 5.41) is 10.5. The van der Waals surface area contributed by atoms with E-state index in [1.54, 1.807) is 31.5 Å². The molecule has 0 spiro atoms. The molecule has 1 saturated heterocycles. The molecule has 1 aromatic heterocycles. The van der Waals surface area contributed by atoms with Gasteiger partial charge in [0.2, 0.25) is 0 Å². The number of esters is 1. The zero-order valence-corrected chi connectivity index (χ0v) is 14.1. The highest BCUT2D eigenvalue weighted by Crippen LogP contribution is 2.25. The van der Waals surface area contributed by atoms with Crippen molar-refractivity contribution in [2.24, 2.45) is 0 Å². The molecule has 2 heterocycles. The van der Waals surface area contributed by atoms with Gasteiger partial charge in [0, 0.05) is 18.9 Å². The minimum atomic E-state index is -1.10. The largest absolute Gasteiger partial charge is 0.464 e. The van der Waals surface area contributed by atoms with Crippen molar-refractivity contribution in [3.05, 3.63) is 30.1 Å². The maximum absolute atomic E-state index is 12.8. The van der Waals surface area contributed by atoms with E-state index >= 15 is 0 Å². The van der Waals surface area contributed by atoms with Gasteiger partial charge in [-0.1, -0.05) is 13.3 Å². The monoisotopic (exact) mass is 336 g/mol. The number of carbonyl (C=O) groups excluding carboxylic acids is 2. The molecular weight excluding hydrogens is 312 g/mol. The number of amides is 1. The van der Waals surface area contributed by atoms with Gasteiger partial charge in [-0.25, -0.2) is 4.79 Å². The fourth-order valence-electron chi connectivity index (χ4n) is 2.81. The van der Waals surface area contributed by atoms with Gasteiger partial charge in [-0.2, -0.15) is 0 Å². The van der Waals surface area contributed by atoms with E-state index in [1.165, 1.54) is 4.90 Å². The van der Waals surface area contributed by atoms with Gasteiger partial charge in [0.1, 0.15) is 12.1 Å². The maximum Gasteiger partial charge on any atom is 0.328 e. The maximum atomic E-state index is 12.8. The molecular formula is C17H24N2O5. The highest BCUT2D eigenvalue weighted by molar-refractivity contribution is 5.88. The number of carbonyl (C=O) groups is 2. The summed E-state index contributed by atoms with van der Waals surface area (Å²) in [4.78, 5) is 30.3. The average Bonchev–Trinajstić information content (AvgIpc) is 2.60. The molecule has 0 bridgehead atoms. The van der Waals surface area contributed by atoms with Crippen molar-refractivity contribution in [2.45, 2.75) is 44.9 Å². The van der Waals surface area contributed by atoms with Crippen LogP contribution in [0, 0.1) is 0 Å². The number of hydrogen-bond donors (Lipinski definition) is 1. The van der Waals surface area contributed by atoms with Crippen LogP contribution in [0.15, 0.2) is 24.5 Å². The van der Waals surface area contributed by atoms with Crippen LogP contribution in [-0.4, -0.2) is 58.8 Å². The summed E-state index contributed by atoms with van der Waals surface area (Å²) in [6.45, 7) is 4.51. The Bertz CT molecular complexity index is 551. The average molecular weight is 336 g/mol. The number of ether oxygens (including phenoxy) is 2. The molecule has 0 aliphatic carbocycles. The van der Waals surface area contributed by atoms with Crippen LogP contribution in [0.4, 0.5) is 0 Å². The Morgan fingerprint density at radius 1 is 1.46 bits per heavy atom. The number of nitrogens with zero attached hydrogens (tertiary/aromatic N) is 2. The molecule has 1 aliphatic rings. The molecule has 3 unspecified atom stereocenters. The topological polar surface area (TPSA) is 89.0 Å². The summed E-state index contributed by atoms with van der Waals surface area (Å²) in [6, 6.07) is 2.63. The van der Waals surface area contributed by atoms with Gasteiger partial charge in [-0.3, -0.25) is 9.78 Å². The van der Waals surface area contributed by atoms with E-state index in [4.69, 9.17) is 9.47 Å².